The van der Waals surface area contributed by atoms with Crippen molar-refractivity contribution in [3.63, 3.8) is 0 Å². The summed E-state index contributed by atoms with van der Waals surface area (Å²) < 4.78 is 0. The van der Waals surface area contributed by atoms with Crippen molar-refractivity contribution in [1.82, 2.24) is 0 Å². The van der Waals surface area contributed by atoms with Gasteiger partial charge in [0.2, 0.25) is 0 Å². The fraction of sp³-hybridized carbons (Fsp3) is 0.455. The van der Waals surface area contributed by atoms with E-state index in [0.717, 1.165) is 18.6 Å². The van der Waals surface area contributed by atoms with Gasteiger partial charge in [-0.3, -0.25) is 0 Å². The minimum atomic E-state index is 0.295. The molecule has 0 aliphatic heterocycles. The van der Waals surface area contributed by atoms with Crippen molar-refractivity contribution < 1.29 is 5.11 Å². The molecule has 0 aromatic heterocycles. The van der Waals surface area contributed by atoms with Crippen LogP contribution in [-0.4, -0.2) is 17.5 Å². The van der Waals surface area contributed by atoms with Gasteiger partial charge in [0.25, 0.3) is 0 Å². The van der Waals surface area contributed by atoms with Gasteiger partial charge in [-0.25, -0.2) is 0 Å². The van der Waals surface area contributed by atoms with E-state index in [9.17, 15) is 0 Å². The summed E-state index contributed by atoms with van der Waals surface area (Å²) >= 11 is 1.82. The van der Waals surface area contributed by atoms with Crippen LogP contribution >= 0.6 is 11.8 Å². The van der Waals surface area contributed by atoms with Gasteiger partial charge < -0.3 is 10.8 Å². The molecule has 3 heteroatoms. The number of unbranched alkanes of at least 4 members (excludes halogenated alkanes) is 1. The lowest BCUT2D eigenvalue weighted by Crippen LogP contribution is -1.95. The first-order chi connectivity index (χ1) is 6.86. The number of nitrogens with two attached hydrogens (primary N) is 1. The quantitative estimate of drug-likeness (QED) is 0.559. The Hall–Kier alpha value is -0.510. The Morgan fingerprint density at radius 2 is 2.14 bits per heavy atom. The highest BCUT2D eigenvalue weighted by atomic mass is 32.2. The molecule has 0 unspecified atom stereocenters. The number of hydrogen-bond acceptors (Lipinski definition) is 3. The van der Waals surface area contributed by atoms with E-state index in [-0.39, 0.29) is 0 Å². The molecule has 78 valence electrons. The van der Waals surface area contributed by atoms with Crippen LogP contribution in [-0.2, 0) is 6.54 Å². The summed E-state index contributed by atoms with van der Waals surface area (Å²) in [5.74, 6) is 1.06. The molecule has 0 aliphatic rings. The van der Waals surface area contributed by atoms with Crippen molar-refractivity contribution >= 4 is 11.8 Å². The summed E-state index contributed by atoms with van der Waals surface area (Å²) in [5.41, 5.74) is 6.73. The summed E-state index contributed by atoms with van der Waals surface area (Å²) in [5, 5.41) is 8.62. The average molecular weight is 211 g/mol. The van der Waals surface area contributed by atoms with Gasteiger partial charge in [0.05, 0.1) is 0 Å². The Morgan fingerprint density at radius 1 is 1.29 bits per heavy atom. The van der Waals surface area contributed by atoms with Gasteiger partial charge in [0, 0.05) is 18.0 Å². The van der Waals surface area contributed by atoms with Crippen molar-refractivity contribution in [3.8, 4) is 0 Å². The first kappa shape index (κ1) is 11.6. The van der Waals surface area contributed by atoms with Gasteiger partial charge in [0.1, 0.15) is 0 Å². The van der Waals surface area contributed by atoms with Crippen molar-refractivity contribution in [2.24, 2.45) is 5.73 Å². The molecule has 1 rings (SSSR count). The molecule has 0 spiro atoms. The molecule has 0 amide bonds. The van der Waals surface area contributed by atoms with Gasteiger partial charge in [-0.15, -0.1) is 11.8 Å². The van der Waals surface area contributed by atoms with Crippen LogP contribution in [0.2, 0.25) is 0 Å². The van der Waals surface area contributed by atoms with Gasteiger partial charge in [0.15, 0.2) is 0 Å². The van der Waals surface area contributed by atoms with E-state index in [1.807, 2.05) is 23.9 Å². The summed E-state index contributed by atoms with van der Waals surface area (Å²) in [7, 11) is 0. The Morgan fingerprint density at radius 3 is 2.86 bits per heavy atom. The SMILES string of the molecule is NCc1cccc(SCCCCO)c1. The van der Waals surface area contributed by atoms with E-state index in [2.05, 4.69) is 12.1 Å². The second kappa shape index (κ2) is 6.87. The van der Waals surface area contributed by atoms with Crippen LogP contribution in [0.4, 0.5) is 0 Å². The van der Waals surface area contributed by atoms with Crippen molar-refractivity contribution in [2.45, 2.75) is 24.3 Å². The van der Waals surface area contributed by atoms with E-state index in [1.165, 1.54) is 10.5 Å². The Labute approximate surface area is 89.5 Å². The third kappa shape index (κ3) is 4.13. The highest BCUT2D eigenvalue weighted by molar-refractivity contribution is 7.99. The molecule has 14 heavy (non-hydrogen) atoms. The van der Waals surface area contributed by atoms with Crippen LogP contribution in [0.25, 0.3) is 0 Å². The van der Waals surface area contributed by atoms with Crippen LogP contribution < -0.4 is 5.73 Å². The Bertz CT molecular complexity index is 265. The van der Waals surface area contributed by atoms with E-state index >= 15 is 0 Å². The lowest BCUT2D eigenvalue weighted by Gasteiger charge is -2.02. The number of hydrogen-bond donors (Lipinski definition) is 2. The molecule has 0 fully saturated rings. The lowest BCUT2D eigenvalue weighted by molar-refractivity contribution is 0.287. The molecular weight excluding hydrogens is 194 g/mol. The van der Waals surface area contributed by atoms with Crippen LogP contribution in [0.1, 0.15) is 18.4 Å². The summed E-state index contributed by atoms with van der Waals surface area (Å²) in [6, 6.07) is 8.31. The molecular formula is C11H17NOS. The molecule has 0 aliphatic carbocycles. The van der Waals surface area contributed by atoms with Crippen LogP contribution in [0.5, 0.6) is 0 Å². The number of benzene rings is 1. The van der Waals surface area contributed by atoms with Crippen LogP contribution in [0.15, 0.2) is 29.2 Å². The highest BCUT2D eigenvalue weighted by Crippen LogP contribution is 2.20. The summed E-state index contributed by atoms with van der Waals surface area (Å²) in [4.78, 5) is 1.27. The predicted molar refractivity (Wildman–Crippen MR) is 61.4 cm³/mol. The monoisotopic (exact) mass is 211 g/mol. The number of aliphatic hydroxyl groups is 1. The zero-order valence-corrected chi connectivity index (χ0v) is 9.09. The topological polar surface area (TPSA) is 46.2 Å². The van der Waals surface area contributed by atoms with Gasteiger partial charge in [-0.05, 0) is 36.3 Å². The fourth-order valence-electron chi connectivity index (χ4n) is 1.17. The van der Waals surface area contributed by atoms with Crippen LogP contribution in [0, 0.1) is 0 Å². The van der Waals surface area contributed by atoms with E-state index in [0.29, 0.717) is 13.2 Å². The first-order valence-electron chi connectivity index (χ1n) is 4.89. The van der Waals surface area contributed by atoms with Crippen molar-refractivity contribution in [1.29, 1.82) is 0 Å². The molecule has 2 nitrogen and oxygen atoms in total. The zero-order chi connectivity index (χ0) is 10.2. The third-order valence-electron chi connectivity index (χ3n) is 1.96. The lowest BCUT2D eigenvalue weighted by atomic mass is 10.2. The molecule has 0 saturated carbocycles. The molecule has 0 atom stereocenters. The maximum absolute atomic E-state index is 8.62. The number of aliphatic hydroxyl groups excluding tert-OH is 1. The molecule has 1 aromatic rings. The molecule has 0 heterocycles. The smallest absolute Gasteiger partial charge is 0.0431 e. The van der Waals surface area contributed by atoms with Gasteiger partial charge in [-0.2, -0.15) is 0 Å². The zero-order valence-electron chi connectivity index (χ0n) is 8.28. The average Bonchev–Trinajstić information content (AvgIpc) is 2.25. The van der Waals surface area contributed by atoms with Gasteiger partial charge >= 0.3 is 0 Å². The standard InChI is InChI=1S/C11H17NOS/c12-9-10-4-3-5-11(8-10)14-7-2-1-6-13/h3-5,8,13H,1-2,6-7,9,12H2. The molecule has 1 aromatic carbocycles. The van der Waals surface area contributed by atoms with Crippen LogP contribution in [0.3, 0.4) is 0 Å². The second-order valence-corrected chi connectivity index (χ2v) is 4.30. The minimum absolute atomic E-state index is 0.295. The Kier molecular flexibility index (Phi) is 5.68. The Balaban J connectivity index is 2.34. The third-order valence-corrected chi connectivity index (χ3v) is 3.04. The highest BCUT2D eigenvalue weighted by Gasteiger charge is 1.95. The summed E-state index contributed by atoms with van der Waals surface area (Å²) in [6.45, 7) is 0.897. The predicted octanol–water partition coefficient (Wildman–Crippen LogP) is 2.01. The molecule has 3 N–H and O–H groups in total. The van der Waals surface area contributed by atoms with E-state index in [1.54, 1.807) is 0 Å². The minimum Gasteiger partial charge on any atom is -0.396 e. The molecule has 0 radical (unpaired) electrons. The second-order valence-electron chi connectivity index (χ2n) is 3.13. The largest absolute Gasteiger partial charge is 0.396 e. The first-order valence-corrected chi connectivity index (χ1v) is 5.88. The maximum Gasteiger partial charge on any atom is 0.0431 e. The maximum atomic E-state index is 8.62. The van der Waals surface area contributed by atoms with Gasteiger partial charge in [-0.1, -0.05) is 12.1 Å². The number of rotatable bonds is 6. The normalized spacial score (nSPS) is 10.4. The molecule has 0 saturated heterocycles. The number of thioether (sulfide) groups is 1. The van der Waals surface area contributed by atoms with Crippen molar-refractivity contribution in [2.75, 3.05) is 12.4 Å². The summed E-state index contributed by atoms with van der Waals surface area (Å²) in [6.07, 6.45) is 1.96. The molecule has 0 bridgehead atoms. The van der Waals surface area contributed by atoms with E-state index in [4.69, 9.17) is 10.8 Å². The fourth-order valence-corrected chi connectivity index (χ4v) is 2.16. The van der Waals surface area contributed by atoms with E-state index < -0.39 is 0 Å². The van der Waals surface area contributed by atoms with Crippen molar-refractivity contribution in [3.05, 3.63) is 29.8 Å².